The topological polar surface area (TPSA) is 158 Å². The van der Waals surface area contributed by atoms with Crippen molar-refractivity contribution < 1.29 is 47.7 Å². The van der Waals surface area contributed by atoms with Gasteiger partial charge in [-0.1, -0.05) is 0 Å². The summed E-state index contributed by atoms with van der Waals surface area (Å²) in [7, 11) is 0. The summed E-state index contributed by atoms with van der Waals surface area (Å²) in [6.07, 6.45) is -6.86. The fourth-order valence-electron chi connectivity index (χ4n) is 2.46. The zero-order valence-electron chi connectivity index (χ0n) is 14.8. The molecular formula is C15H21NO10. The number of carbonyl (C=O) groups excluding carboxylic acids is 5. The lowest BCUT2D eigenvalue weighted by molar-refractivity contribution is -0.248. The van der Waals surface area contributed by atoms with Gasteiger partial charge in [0.25, 0.3) is 5.91 Å². The zero-order chi connectivity index (χ0) is 20.0. The van der Waals surface area contributed by atoms with Gasteiger partial charge in [0.1, 0.15) is 12.7 Å². The van der Waals surface area contributed by atoms with E-state index in [4.69, 9.17) is 29.4 Å². The molecule has 11 heteroatoms. The van der Waals surface area contributed by atoms with Crippen LogP contribution >= 0.6 is 0 Å². The molecular weight excluding hydrogens is 354 g/mol. The number of nitrogens with two attached hydrogens (primary N) is 1. The van der Waals surface area contributed by atoms with E-state index in [-0.39, 0.29) is 0 Å². The summed E-state index contributed by atoms with van der Waals surface area (Å²) < 4.78 is 25.5. The molecule has 1 aliphatic heterocycles. The third kappa shape index (κ3) is 5.99. The Morgan fingerprint density at radius 3 is 1.65 bits per heavy atom. The Bertz CT molecular complexity index is 589. The van der Waals surface area contributed by atoms with Crippen molar-refractivity contribution in [3.63, 3.8) is 0 Å². The van der Waals surface area contributed by atoms with Gasteiger partial charge < -0.3 is 29.4 Å². The lowest BCUT2D eigenvalue weighted by Gasteiger charge is -2.43. The van der Waals surface area contributed by atoms with Crippen molar-refractivity contribution in [2.75, 3.05) is 6.61 Å². The molecule has 5 atom stereocenters. The molecule has 0 aromatic rings. The first-order chi connectivity index (χ1) is 12.0. The highest BCUT2D eigenvalue weighted by Crippen LogP contribution is 2.29. The van der Waals surface area contributed by atoms with Gasteiger partial charge in [0, 0.05) is 27.7 Å². The predicted octanol–water partition coefficient (Wildman–Crippen LogP) is -1.40. The summed E-state index contributed by atoms with van der Waals surface area (Å²) >= 11 is 0. The van der Waals surface area contributed by atoms with Gasteiger partial charge in [-0.15, -0.1) is 0 Å². The highest BCUT2D eigenvalue weighted by molar-refractivity contribution is 5.81. The number of carbonyl (C=O) groups is 5. The lowest BCUT2D eigenvalue weighted by atomic mass is 9.93. The number of rotatable bonds is 6. The van der Waals surface area contributed by atoms with Gasteiger partial charge in [0.2, 0.25) is 0 Å². The second-order valence-electron chi connectivity index (χ2n) is 5.52. The minimum absolute atomic E-state index is 0.415. The van der Waals surface area contributed by atoms with E-state index >= 15 is 0 Å². The fraction of sp³-hybridized carbons (Fsp3) is 0.667. The average Bonchev–Trinajstić information content (AvgIpc) is 2.47. The van der Waals surface area contributed by atoms with E-state index in [0.29, 0.717) is 0 Å². The Hall–Kier alpha value is -2.69. The molecule has 1 rings (SSSR count). The Morgan fingerprint density at radius 1 is 0.769 bits per heavy atom. The van der Waals surface area contributed by atoms with E-state index in [9.17, 15) is 24.0 Å². The van der Waals surface area contributed by atoms with E-state index in [2.05, 4.69) is 0 Å². The van der Waals surface area contributed by atoms with Crippen molar-refractivity contribution in [1.29, 1.82) is 0 Å². The third-order valence-electron chi connectivity index (χ3n) is 3.27. The van der Waals surface area contributed by atoms with Crippen LogP contribution in [0.15, 0.2) is 0 Å². The molecule has 0 unspecified atom stereocenters. The average molecular weight is 375 g/mol. The molecule has 0 radical (unpaired) electrons. The first kappa shape index (κ1) is 21.4. The zero-order valence-corrected chi connectivity index (χ0v) is 14.8. The molecule has 1 saturated heterocycles. The summed E-state index contributed by atoms with van der Waals surface area (Å²) in [4.78, 5) is 57.1. The molecule has 0 aliphatic carbocycles. The first-order valence-electron chi connectivity index (χ1n) is 7.62. The maximum atomic E-state index is 11.7. The summed E-state index contributed by atoms with van der Waals surface area (Å²) in [6.45, 7) is 3.96. The van der Waals surface area contributed by atoms with Crippen LogP contribution in [0.25, 0.3) is 0 Å². The van der Waals surface area contributed by atoms with Gasteiger partial charge in [-0.05, 0) is 0 Å². The second kappa shape index (κ2) is 9.13. The van der Waals surface area contributed by atoms with Crippen LogP contribution in [0.2, 0.25) is 0 Å². The van der Waals surface area contributed by atoms with Crippen LogP contribution < -0.4 is 5.73 Å². The quantitative estimate of drug-likeness (QED) is 0.432. The van der Waals surface area contributed by atoms with Crippen LogP contribution in [0.1, 0.15) is 27.7 Å². The number of primary amides is 1. The first-order valence-corrected chi connectivity index (χ1v) is 7.62. The summed E-state index contributed by atoms with van der Waals surface area (Å²) in [5.74, 6) is -4.02. The molecule has 0 aromatic heterocycles. The van der Waals surface area contributed by atoms with Crippen molar-refractivity contribution in [2.24, 2.45) is 5.73 Å². The number of hydrogen-bond donors (Lipinski definition) is 1. The number of ether oxygens (including phenoxy) is 5. The normalized spacial score (nSPS) is 27.8. The van der Waals surface area contributed by atoms with Gasteiger partial charge in [-0.3, -0.25) is 24.0 Å². The lowest BCUT2D eigenvalue weighted by Crippen LogP contribution is -2.65. The van der Waals surface area contributed by atoms with E-state index in [0.717, 1.165) is 27.7 Å². The smallest absolute Gasteiger partial charge is 0.303 e. The van der Waals surface area contributed by atoms with E-state index in [1.54, 1.807) is 0 Å². The van der Waals surface area contributed by atoms with E-state index in [1.165, 1.54) is 0 Å². The maximum absolute atomic E-state index is 11.7. The number of amides is 1. The predicted molar refractivity (Wildman–Crippen MR) is 81.2 cm³/mol. The largest absolute Gasteiger partial charge is 0.463 e. The highest BCUT2D eigenvalue weighted by atomic mass is 16.7. The van der Waals surface area contributed by atoms with E-state index in [1.807, 2.05) is 0 Å². The minimum atomic E-state index is -1.52. The van der Waals surface area contributed by atoms with Crippen molar-refractivity contribution in [3.05, 3.63) is 0 Å². The summed E-state index contributed by atoms with van der Waals surface area (Å²) in [5, 5.41) is 0. The number of esters is 4. The van der Waals surface area contributed by atoms with Crippen LogP contribution in [0.5, 0.6) is 0 Å². The Labute approximate surface area is 149 Å². The van der Waals surface area contributed by atoms with Gasteiger partial charge in [-0.2, -0.15) is 0 Å². The van der Waals surface area contributed by atoms with Crippen LogP contribution in [0, 0.1) is 0 Å². The van der Waals surface area contributed by atoms with Gasteiger partial charge in [0.15, 0.2) is 24.4 Å². The van der Waals surface area contributed by atoms with Crippen molar-refractivity contribution in [1.82, 2.24) is 0 Å². The second-order valence-corrected chi connectivity index (χ2v) is 5.52. The Kier molecular flexibility index (Phi) is 7.50. The highest BCUT2D eigenvalue weighted by Gasteiger charge is 2.53. The summed E-state index contributed by atoms with van der Waals surface area (Å²) in [5.41, 5.74) is 5.28. The third-order valence-corrected chi connectivity index (χ3v) is 3.27. The fourth-order valence-corrected chi connectivity index (χ4v) is 2.46. The summed E-state index contributed by atoms with van der Waals surface area (Å²) in [6, 6.07) is 0. The Balaban J connectivity index is 3.29. The molecule has 11 nitrogen and oxygen atoms in total. The Morgan fingerprint density at radius 2 is 1.23 bits per heavy atom. The number of hydrogen-bond acceptors (Lipinski definition) is 10. The van der Waals surface area contributed by atoms with Crippen molar-refractivity contribution in [2.45, 2.75) is 58.2 Å². The minimum Gasteiger partial charge on any atom is -0.463 e. The monoisotopic (exact) mass is 375 g/mol. The molecule has 1 fully saturated rings. The SMILES string of the molecule is CC(=O)OC[C@@H]1O[C@H](C(N)=O)[C@@H](OC(C)=O)[C@H](OC(C)=O)[C@@H]1OC(C)=O. The molecule has 0 bridgehead atoms. The molecule has 0 spiro atoms. The molecule has 1 aliphatic rings. The van der Waals surface area contributed by atoms with E-state index < -0.39 is 66.9 Å². The van der Waals surface area contributed by atoms with Crippen LogP contribution in [0.4, 0.5) is 0 Å². The van der Waals surface area contributed by atoms with Crippen LogP contribution in [-0.2, 0) is 47.7 Å². The standard InChI is InChI=1S/C15H21NO10/c1-6(17)22-5-10-11(23-7(2)18)12(24-8(3)19)13(25-9(4)20)14(26-10)15(16)21/h10-14H,5H2,1-4H3,(H2,16,21)/t10-,11+,12+,13-,14-/m0/s1. The van der Waals surface area contributed by atoms with Gasteiger partial charge in [0.05, 0.1) is 0 Å². The van der Waals surface area contributed by atoms with Crippen LogP contribution in [-0.4, -0.2) is 66.9 Å². The molecule has 1 heterocycles. The molecule has 0 aromatic carbocycles. The van der Waals surface area contributed by atoms with Gasteiger partial charge >= 0.3 is 23.9 Å². The van der Waals surface area contributed by atoms with Gasteiger partial charge in [-0.25, -0.2) is 0 Å². The maximum Gasteiger partial charge on any atom is 0.303 e. The molecule has 2 N–H and O–H groups in total. The van der Waals surface area contributed by atoms with Crippen molar-refractivity contribution in [3.8, 4) is 0 Å². The molecule has 1 amide bonds. The molecule has 0 saturated carbocycles. The van der Waals surface area contributed by atoms with Crippen LogP contribution in [0.3, 0.4) is 0 Å². The molecule has 26 heavy (non-hydrogen) atoms. The molecule has 146 valence electrons. The van der Waals surface area contributed by atoms with Crippen molar-refractivity contribution >= 4 is 29.8 Å².